The van der Waals surface area contributed by atoms with Gasteiger partial charge in [-0.2, -0.15) is 0 Å². The van der Waals surface area contributed by atoms with Gasteiger partial charge >= 0.3 is 0 Å². The lowest BCUT2D eigenvalue weighted by Gasteiger charge is -2.12. The van der Waals surface area contributed by atoms with Crippen molar-refractivity contribution in [1.29, 1.82) is 0 Å². The molecule has 16 heavy (non-hydrogen) atoms. The molecule has 0 aromatic heterocycles. The molecule has 2 heteroatoms. The van der Waals surface area contributed by atoms with Crippen molar-refractivity contribution in [2.45, 2.75) is 30.6 Å². The van der Waals surface area contributed by atoms with Gasteiger partial charge in [0.25, 0.3) is 0 Å². The molecule has 0 radical (unpaired) electrons. The first-order valence-corrected chi connectivity index (χ1v) is 6.13. The highest BCUT2D eigenvalue weighted by molar-refractivity contribution is 5.54. The molecule has 86 valence electrons. The van der Waals surface area contributed by atoms with Gasteiger partial charge in [0.15, 0.2) is 0 Å². The van der Waals surface area contributed by atoms with Gasteiger partial charge in [0, 0.05) is 12.1 Å². The fraction of sp³-hybridized carbons (Fsp3) is 0.571. The van der Waals surface area contributed by atoms with Crippen LogP contribution in [0.15, 0.2) is 18.2 Å². The summed E-state index contributed by atoms with van der Waals surface area (Å²) in [5.74, 6) is 1.78. The van der Waals surface area contributed by atoms with Crippen LogP contribution < -0.4 is 10.1 Å². The lowest BCUT2D eigenvalue weighted by molar-refractivity contribution is 0.405. The molecular formula is C14H19NO. The van der Waals surface area contributed by atoms with Gasteiger partial charge in [-0.05, 0) is 49.3 Å². The van der Waals surface area contributed by atoms with Crippen LogP contribution >= 0.6 is 0 Å². The van der Waals surface area contributed by atoms with Crippen LogP contribution in [0, 0.1) is 0 Å². The van der Waals surface area contributed by atoms with Crippen LogP contribution in [0.5, 0.6) is 5.75 Å². The summed E-state index contributed by atoms with van der Waals surface area (Å²) in [5, 5.41) is 3.31. The highest BCUT2D eigenvalue weighted by atomic mass is 16.5. The van der Waals surface area contributed by atoms with Crippen molar-refractivity contribution in [2.24, 2.45) is 0 Å². The molecule has 1 aromatic carbocycles. The van der Waals surface area contributed by atoms with E-state index < -0.39 is 0 Å². The molecular weight excluding hydrogens is 198 g/mol. The molecule has 1 atom stereocenters. The van der Waals surface area contributed by atoms with E-state index in [0.717, 1.165) is 12.3 Å². The van der Waals surface area contributed by atoms with Crippen LogP contribution in [0.1, 0.15) is 36.3 Å². The zero-order valence-corrected chi connectivity index (χ0v) is 10.0. The summed E-state index contributed by atoms with van der Waals surface area (Å²) in [5.41, 5.74) is 3.51. The molecule has 2 aliphatic rings. The van der Waals surface area contributed by atoms with Crippen LogP contribution in [-0.4, -0.2) is 20.7 Å². The Hall–Kier alpha value is -1.02. The van der Waals surface area contributed by atoms with E-state index in [-0.39, 0.29) is 0 Å². The van der Waals surface area contributed by atoms with Crippen molar-refractivity contribution in [3.05, 3.63) is 29.3 Å². The Kier molecular flexibility index (Phi) is 2.21. The van der Waals surface area contributed by atoms with Crippen molar-refractivity contribution in [3.63, 3.8) is 0 Å². The lowest BCUT2D eigenvalue weighted by Crippen LogP contribution is -2.15. The summed E-state index contributed by atoms with van der Waals surface area (Å²) < 4.78 is 5.54. The van der Waals surface area contributed by atoms with E-state index in [9.17, 15) is 0 Å². The van der Waals surface area contributed by atoms with Gasteiger partial charge in [0.05, 0.1) is 7.11 Å². The summed E-state index contributed by atoms with van der Waals surface area (Å²) in [6.07, 6.45) is 4.00. The maximum absolute atomic E-state index is 5.54. The van der Waals surface area contributed by atoms with Crippen LogP contribution in [0.4, 0.5) is 0 Å². The molecule has 1 spiro atoms. The second-order valence-corrected chi connectivity index (χ2v) is 5.16. The molecule has 1 saturated carbocycles. The highest BCUT2D eigenvalue weighted by Gasteiger charge is 2.53. The number of nitrogens with one attached hydrogen (secondary N) is 1. The Labute approximate surface area is 97.0 Å². The van der Waals surface area contributed by atoms with Crippen molar-refractivity contribution in [2.75, 3.05) is 20.7 Å². The SMILES string of the molecule is CNCC1CC2(CC2)c2c(OC)cccc21. The number of hydrogen-bond donors (Lipinski definition) is 1. The number of rotatable bonds is 3. The largest absolute Gasteiger partial charge is 0.496 e. The summed E-state index contributed by atoms with van der Waals surface area (Å²) in [6, 6.07) is 6.52. The van der Waals surface area contributed by atoms with Crippen molar-refractivity contribution in [3.8, 4) is 5.75 Å². The van der Waals surface area contributed by atoms with Gasteiger partial charge < -0.3 is 10.1 Å². The molecule has 0 saturated heterocycles. The van der Waals surface area contributed by atoms with Crippen LogP contribution in [0.2, 0.25) is 0 Å². The van der Waals surface area contributed by atoms with E-state index in [1.807, 2.05) is 7.05 Å². The Balaban J connectivity index is 2.07. The number of benzene rings is 1. The van der Waals surface area contributed by atoms with E-state index in [2.05, 4.69) is 23.5 Å². The predicted molar refractivity (Wildman–Crippen MR) is 65.2 cm³/mol. The maximum Gasteiger partial charge on any atom is 0.122 e. The number of methoxy groups -OCH3 is 1. The van der Waals surface area contributed by atoms with Gasteiger partial charge in [-0.3, -0.25) is 0 Å². The smallest absolute Gasteiger partial charge is 0.122 e. The summed E-state index contributed by atoms with van der Waals surface area (Å²) in [6.45, 7) is 1.09. The third-order valence-electron chi connectivity index (χ3n) is 4.19. The average molecular weight is 217 g/mol. The molecule has 1 fully saturated rings. The van der Waals surface area contributed by atoms with Crippen LogP contribution in [-0.2, 0) is 5.41 Å². The lowest BCUT2D eigenvalue weighted by atomic mass is 9.97. The third kappa shape index (κ3) is 1.29. The van der Waals surface area contributed by atoms with Gasteiger partial charge in [-0.15, -0.1) is 0 Å². The summed E-state index contributed by atoms with van der Waals surface area (Å²) in [7, 11) is 3.83. The summed E-state index contributed by atoms with van der Waals surface area (Å²) in [4.78, 5) is 0. The number of hydrogen-bond acceptors (Lipinski definition) is 2. The first-order chi connectivity index (χ1) is 7.80. The molecule has 0 heterocycles. The molecule has 1 N–H and O–H groups in total. The first-order valence-electron chi connectivity index (χ1n) is 6.13. The third-order valence-corrected chi connectivity index (χ3v) is 4.19. The molecule has 0 bridgehead atoms. The predicted octanol–water partition coefficient (Wildman–Crippen LogP) is 2.43. The van der Waals surface area contributed by atoms with Gasteiger partial charge in [-0.1, -0.05) is 12.1 Å². The first kappa shape index (κ1) is 10.2. The molecule has 3 rings (SSSR count). The molecule has 2 aliphatic carbocycles. The fourth-order valence-corrected chi connectivity index (χ4v) is 3.34. The van der Waals surface area contributed by atoms with E-state index in [1.165, 1.54) is 30.4 Å². The van der Waals surface area contributed by atoms with E-state index in [0.29, 0.717) is 11.3 Å². The minimum absolute atomic E-state index is 0.476. The fourth-order valence-electron chi connectivity index (χ4n) is 3.34. The minimum atomic E-state index is 0.476. The highest BCUT2D eigenvalue weighted by Crippen LogP contribution is 2.62. The molecule has 1 unspecified atom stereocenters. The Bertz CT molecular complexity index is 409. The Morgan fingerprint density at radius 1 is 1.44 bits per heavy atom. The summed E-state index contributed by atoms with van der Waals surface area (Å²) >= 11 is 0. The average Bonchev–Trinajstić information content (AvgIpc) is 3.01. The maximum atomic E-state index is 5.54. The zero-order chi connectivity index (χ0) is 11.2. The Morgan fingerprint density at radius 2 is 2.25 bits per heavy atom. The number of likely N-dealkylation sites (N-methyl/N-ethyl adjacent to an activating group) is 1. The van der Waals surface area contributed by atoms with Crippen LogP contribution in [0.3, 0.4) is 0 Å². The standard InChI is InChI=1S/C14H19NO/c1-15-9-10-8-14(6-7-14)13-11(10)4-3-5-12(13)16-2/h3-5,10,15H,6-9H2,1-2H3. The second-order valence-electron chi connectivity index (χ2n) is 5.16. The van der Waals surface area contributed by atoms with Gasteiger partial charge in [-0.25, -0.2) is 0 Å². The van der Waals surface area contributed by atoms with E-state index in [4.69, 9.17) is 4.74 Å². The van der Waals surface area contributed by atoms with Gasteiger partial charge in [0.2, 0.25) is 0 Å². The van der Waals surface area contributed by atoms with Crippen molar-refractivity contribution < 1.29 is 4.74 Å². The topological polar surface area (TPSA) is 21.3 Å². The molecule has 0 aliphatic heterocycles. The monoisotopic (exact) mass is 217 g/mol. The minimum Gasteiger partial charge on any atom is -0.496 e. The Morgan fingerprint density at radius 3 is 2.88 bits per heavy atom. The van der Waals surface area contributed by atoms with Crippen molar-refractivity contribution >= 4 is 0 Å². The second kappa shape index (κ2) is 3.49. The zero-order valence-electron chi connectivity index (χ0n) is 10.0. The van der Waals surface area contributed by atoms with Crippen molar-refractivity contribution in [1.82, 2.24) is 5.32 Å². The van der Waals surface area contributed by atoms with E-state index in [1.54, 1.807) is 7.11 Å². The normalized spacial score (nSPS) is 24.5. The molecule has 0 amide bonds. The quantitative estimate of drug-likeness (QED) is 0.839. The molecule has 2 nitrogen and oxygen atoms in total. The molecule has 1 aromatic rings. The number of fused-ring (bicyclic) bond motifs is 2. The van der Waals surface area contributed by atoms with E-state index >= 15 is 0 Å². The van der Waals surface area contributed by atoms with Gasteiger partial charge in [0.1, 0.15) is 5.75 Å². The number of ether oxygens (including phenoxy) is 1. The van der Waals surface area contributed by atoms with Crippen LogP contribution in [0.25, 0.3) is 0 Å².